The average Bonchev–Trinajstić information content (AvgIpc) is 3.15. The number of hydrogen-bond donors (Lipinski definition) is 1. The molecule has 1 N–H and O–H groups in total. The van der Waals surface area contributed by atoms with Gasteiger partial charge in [-0.1, -0.05) is 17.7 Å². The minimum atomic E-state index is -0.438. The second kappa shape index (κ2) is 9.62. The van der Waals surface area contributed by atoms with E-state index in [1.807, 2.05) is 11.8 Å². The topological polar surface area (TPSA) is 95.6 Å². The second-order valence-corrected chi connectivity index (χ2v) is 9.36. The summed E-state index contributed by atoms with van der Waals surface area (Å²) in [5.41, 5.74) is 0.904. The van der Waals surface area contributed by atoms with Crippen molar-refractivity contribution in [3.8, 4) is 0 Å². The number of amides is 1. The molecule has 4 rings (SSSR count). The number of ether oxygens (including phenoxy) is 1. The largest absolute Gasteiger partial charge is 0.462 e. The maximum Gasteiger partial charge on any atom is 0.348 e. The van der Waals surface area contributed by atoms with Gasteiger partial charge >= 0.3 is 5.97 Å². The molecular formula is C23H25ClN4O4S. The Morgan fingerprint density at radius 3 is 2.67 bits per heavy atom. The van der Waals surface area contributed by atoms with Crippen molar-refractivity contribution in [2.24, 2.45) is 0 Å². The summed E-state index contributed by atoms with van der Waals surface area (Å²) in [6.45, 7) is 8.14. The number of aryl methyl sites for hydroxylation is 1. The van der Waals surface area contributed by atoms with Crippen LogP contribution in [0.25, 0.3) is 10.2 Å². The van der Waals surface area contributed by atoms with Gasteiger partial charge in [-0.05, 0) is 44.5 Å². The lowest BCUT2D eigenvalue weighted by Crippen LogP contribution is -2.49. The number of nitrogens with one attached hydrogen (secondary N) is 1. The number of fused-ring (bicyclic) bond motifs is 1. The predicted octanol–water partition coefficient (Wildman–Crippen LogP) is 3.64. The highest BCUT2D eigenvalue weighted by Crippen LogP contribution is 2.29. The number of esters is 1. The first-order valence-electron chi connectivity index (χ1n) is 10.8. The molecule has 1 unspecified atom stereocenters. The SMILES string of the molecule is CCOC(=O)c1sc2nc(C(C)N3CCN(C(=O)c4cccc(Cl)c4)CC3)[nH]c(=O)c2c1C. The van der Waals surface area contributed by atoms with Crippen LogP contribution in [0.4, 0.5) is 0 Å². The molecule has 1 saturated heterocycles. The fourth-order valence-corrected chi connectivity index (χ4v) is 5.31. The number of nitrogens with zero attached hydrogens (tertiary/aromatic N) is 3. The standard InChI is InChI=1S/C23H25ClN4O4S/c1-4-32-23(31)18-13(2)17-20(29)25-19(26-21(17)33-18)14(3)27-8-10-28(11-9-27)22(30)15-6-5-7-16(24)12-15/h5-7,12,14H,4,8-11H2,1-3H3,(H,25,26,29). The smallest absolute Gasteiger partial charge is 0.348 e. The Hall–Kier alpha value is -2.75. The van der Waals surface area contributed by atoms with E-state index in [1.54, 1.807) is 38.1 Å². The molecule has 1 aliphatic heterocycles. The quantitative estimate of drug-likeness (QED) is 0.551. The molecule has 1 amide bonds. The number of aromatic nitrogens is 2. The van der Waals surface area contributed by atoms with E-state index < -0.39 is 5.97 Å². The van der Waals surface area contributed by atoms with Crippen molar-refractivity contribution in [1.29, 1.82) is 0 Å². The number of hydrogen-bond acceptors (Lipinski definition) is 7. The number of rotatable bonds is 5. The Morgan fingerprint density at radius 1 is 1.27 bits per heavy atom. The molecular weight excluding hydrogens is 464 g/mol. The molecule has 3 aromatic rings. The molecule has 0 aliphatic carbocycles. The molecule has 2 aromatic heterocycles. The first-order chi connectivity index (χ1) is 15.8. The molecule has 0 saturated carbocycles. The molecule has 1 aromatic carbocycles. The van der Waals surface area contributed by atoms with Crippen LogP contribution < -0.4 is 5.56 Å². The summed E-state index contributed by atoms with van der Waals surface area (Å²) in [6.07, 6.45) is 0. The van der Waals surface area contributed by atoms with Crippen LogP contribution in [0.3, 0.4) is 0 Å². The fourth-order valence-electron chi connectivity index (χ4n) is 4.04. The summed E-state index contributed by atoms with van der Waals surface area (Å²) in [5, 5.41) is 0.962. The van der Waals surface area contributed by atoms with Gasteiger partial charge < -0.3 is 14.6 Å². The third-order valence-corrected chi connectivity index (χ3v) is 7.30. The summed E-state index contributed by atoms with van der Waals surface area (Å²) in [7, 11) is 0. The van der Waals surface area contributed by atoms with Gasteiger partial charge in [-0.15, -0.1) is 11.3 Å². The van der Waals surface area contributed by atoms with E-state index in [2.05, 4.69) is 14.9 Å². The highest BCUT2D eigenvalue weighted by Gasteiger charge is 2.28. The van der Waals surface area contributed by atoms with Gasteiger partial charge in [0.05, 0.1) is 18.0 Å². The average molecular weight is 489 g/mol. The van der Waals surface area contributed by atoms with Crippen LogP contribution in [0.5, 0.6) is 0 Å². The normalized spacial score (nSPS) is 15.6. The van der Waals surface area contributed by atoms with Crippen LogP contribution in [0.1, 0.15) is 51.3 Å². The van der Waals surface area contributed by atoms with Gasteiger partial charge in [0.2, 0.25) is 0 Å². The first kappa shape index (κ1) is 23.4. The number of carbonyl (C=O) groups excluding carboxylic acids is 2. The highest BCUT2D eigenvalue weighted by atomic mass is 35.5. The Labute approximate surface area is 200 Å². The molecule has 1 atom stereocenters. The number of H-pyrrole nitrogens is 1. The van der Waals surface area contributed by atoms with Crippen molar-refractivity contribution in [3.63, 3.8) is 0 Å². The molecule has 8 nitrogen and oxygen atoms in total. The Kier molecular flexibility index (Phi) is 6.83. The van der Waals surface area contributed by atoms with Crippen LogP contribution >= 0.6 is 22.9 Å². The molecule has 0 spiro atoms. The van der Waals surface area contributed by atoms with Gasteiger partial charge in [0.15, 0.2) is 0 Å². The van der Waals surface area contributed by atoms with Crippen molar-refractivity contribution in [3.05, 3.63) is 61.5 Å². The van der Waals surface area contributed by atoms with Gasteiger partial charge in [-0.2, -0.15) is 0 Å². The van der Waals surface area contributed by atoms with Gasteiger partial charge in [-0.25, -0.2) is 9.78 Å². The van der Waals surface area contributed by atoms with Crippen LogP contribution in [-0.4, -0.2) is 64.4 Å². The van der Waals surface area contributed by atoms with Crippen LogP contribution in [0.2, 0.25) is 5.02 Å². The van der Waals surface area contributed by atoms with Gasteiger partial charge in [0.1, 0.15) is 15.5 Å². The minimum Gasteiger partial charge on any atom is -0.462 e. The van der Waals surface area contributed by atoms with Gasteiger partial charge in [0.25, 0.3) is 11.5 Å². The molecule has 3 heterocycles. The third-order valence-electron chi connectivity index (χ3n) is 5.90. The lowest BCUT2D eigenvalue weighted by Gasteiger charge is -2.37. The number of benzene rings is 1. The number of aromatic amines is 1. The summed E-state index contributed by atoms with van der Waals surface area (Å²) in [5.74, 6) is 0.0598. The van der Waals surface area contributed by atoms with Crippen LogP contribution in [0, 0.1) is 6.92 Å². The second-order valence-electron chi connectivity index (χ2n) is 7.92. The Balaban J connectivity index is 1.50. The van der Waals surface area contributed by atoms with Crippen molar-refractivity contribution in [2.75, 3.05) is 32.8 Å². The number of thiophene rings is 1. The number of halogens is 1. The zero-order chi connectivity index (χ0) is 23.7. The van der Waals surface area contributed by atoms with Crippen molar-refractivity contribution in [2.45, 2.75) is 26.8 Å². The summed E-state index contributed by atoms with van der Waals surface area (Å²) >= 11 is 7.20. The highest BCUT2D eigenvalue weighted by molar-refractivity contribution is 7.20. The minimum absolute atomic E-state index is 0.0432. The van der Waals surface area contributed by atoms with E-state index in [1.165, 1.54) is 11.3 Å². The lowest BCUT2D eigenvalue weighted by molar-refractivity contribution is 0.0530. The van der Waals surface area contributed by atoms with E-state index in [0.717, 1.165) is 0 Å². The summed E-state index contributed by atoms with van der Waals surface area (Å²) in [6, 6.07) is 6.80. The summed E-state index contributed by atoms with van der Waals surface area (Å²) in [4.78, 5) is 50.3. The van der Waals surface area contributed by atoms with E-state index in [4.69, 9.17) is 16.3 Å². The van der Waals surface area contributed by atoms with E-state index >= 15 is 0 Å². The summed E-state index contributed by atoms with van der Waals surface area (Å²) < 4.78 is 5.10. The monoisotopic (exact) mass is 488 g/mol. The number of piperazine rings is 1. The van der Waals surface area contributed by atoms with Crippen LogP contribution in [-0.2, 0) is 4.74 Å². The van der Waals surface area contributed by atoms with E-state index in [0.29, 0.717) is 63.2 Å². The molecule has 1 aliphatic rings. The molecule has 174 valence electrons. The zero-order valence-electron chi connectivity index (χ0n) is 18.7. The first-order valence-corrected chi connectivity index (χ1v) is 12.0. The molecule has 10 heteroatoms. The number of carbonyl (C=O) groups is 2. The lowest BCUT2D eigenvalue weighted by atomic mass is 10.1. The maximum absolute atomic E-state index is 12.8. The molecule has 0 bridgehead atoms. The molecule has 33 heavy (non-hydrogen) atoms. The zero-order valence-corrected chi connectivity index (χ0v) is 20.3. The van der Waals surface area contributed by atoms with E-state index in [-0.39, 0.29) is 24.1 Å². The maximum atomic E-state index is 12.8. The van der Waals surface area contributed by atoms with Crippen LogP contribution in [0.15, 0.2) is 29.1 Å². The molecule has 0 radical (unpaired) electrons. The Bertz CT molecular complexity index is 1260. The Morgan fingerprint density at radius 2 is 2.00 bits per heavy atom. The van der Waals surface area contributed by atoms with Gasteiger partial charge in [0, 0.05) is 36.8 Å². The van der Waals surface area contributed by atoms with Crippen molar-refractivity contribution < 1.29 is 14.3 Å². The predicted molar refractivity (Wildman–Crippen MR) is 128 cm³/mol. The van der Waals surface area contributed by atoms with Gasteiger partial charge in [-0.3, -0.25) is 14.5 Å². The molecule has 1 fully saturated rings. The van der Waals surface area contributed by atoms with Crippen molar-refractivity contribution in [1.82, 2.24) is 19.8 Å². The fraction of sp³-hybridized carbons (Fsp3) is 0.391. The third kappa shape index (κ3) is 4.66. The van der Waals surface area contributed by atoms with E-state index in [9.17, 15) is 14.4 Å². The van der Waals surface area contributed by atoms with Crippen molar-refractivity contribution >= 4 is 45.0 Å².